The van der Waals surface area contributed by atoms with Gasteiger partial charge >= 0.3 is 11.9 Å². The van der Waals surface area contributed by atoms with E-state index in [2.05, 4.69) is 6.92 Å². The average Bonchev–Trinajstić information content (AvgIpc) is 3.34. The highest BCUT2D eigenvalue weighted by molar-refractivity contribution is 5.86. The fourth-order valence-corrected chi connectivity index (χ4v) is 3.61. The van der Waals surface area contributed by atoms with Gasteiger partial charge in [-0.05, 0) is 58.3 Å². The molecule has 136 valence electrons. The van der Waals surface area contributed by atoms with Crippen LogP contribution in [0.3, 0.4) is 0 Å². The molecule has 2 saturated carbocycles. The van der Waals surface area contributed by atoms with Crippen LogP contribution in [0.5, 0.6) is 0 Å². The number of esters is 2. The van der Waals surface area contributed by atoms with Crippen LogP contribution in [-0.4, -0.2) is 42.6 Å². The SMILES string of the molecule is CC(C)OC(=O)[C@@H]1OC([C@@H]2C[C@H]2[C@@H]2C[C@H]2C)O[C@H]1C(=O)OC(C)C. The standard InChI is InChI=1S/C18H28O6/c1-8(2)21-16(19)14-15(17(20)22-9(3)4)24-18(23-14)13-7-12(13)11-6-10(11)5/h8-15,18H,6-7H2,1-5H3/t10-,11-,12+,13-,14-,15-/m1/s1. The van der Waals surface area contributed by atoms with Crippen molar-refractivity contribution < 1.29 is 28.5 Å². The quantitative estimate of drug-likeness (QED) is 0.691. The summed E-state index contributed by atoms with van der Waals surface area (Å²) in [7, 11) is 0. The molecule has 1 aliphatic heterocycles. The van der Waals surface area contributed by atoms with E-state index in [0.717, 1.165) is 18.3 Å². The van der Waals surface area contributed by atoms with E-state index in [0.29, 0.717) is 5.92 Å². The monoisotopic (exact) mass is 340 g/mol. The maximum Gasteiger partial charge on any atom is 0.339 e. The fraction of sp³-hybridized carbons (Fsp3) is 0.889. The lowest BCUT2D eigenvalue weighted by atomic mass is 10.2. The number of carbonyl (C=O) groups is 2. The molecule has 6 heteroatoms. The van der Waals surface area contributed by atoms with Crippen molar-refractivity contribution in [1.82, 2.24) is 0 Å². The Morgan fingerprint density at radius 3 is 1.67 bits per heavy atom. The average molecular weight is 340 g/mol. The maximum absolute atomic E-state index is 12.3. The van der Waals surface area contributed by atoms with Crippen molar-refractivity contribution in [2.75, 3.05) is 0 Å². The van der Waals surface area contributed by atoms with Gasteiger partial charge in [-0.3, -0.25) is 0 Å². The summed E-state index contributed by atoms with van der Waals surface area (Å²) in [4.78, 5) is 24.6. The lowest BCUT2D eigenvalue weighted by molar-refractivity contribution is -0.167. The highest BCUT2D eigenvalue weighted by Crippen LogP contribution is 2.60. The molecule has 1 heterocycles. The summed E-state index contributed by atoms with van der Waals surface area (Å²) >= 11 is 0. The van der Waals surface area contributed by atoms with Crippen molar-refractivity contribution in [3.63, 3.8) is 0 Å². The minimum absolute atomic E-state index is 0.270. The molecule has 0 unspecified atom stereocenters. The van der Waals surface area contributed by atoms with Crippen LogP contribution < -0.4 is 0 Å². The van der Waals surface area contributed by atoms with Gasteiger partial charge in [-0.15, -0.1) is 0 Å². The number of ether oxygens (including phenoxy) is 4. The molecule has 6 nitrogen and oxygen atoms in total. The third-order valence-corrected chi connectivity index (χ3v) is 4.97. The maximum atomic E-state index is 12.3. The number of hydrogen-bond acceptors (Lipinski definition) is 6. The van der Waals surface area contributed by atoms with E-state index in [1.54, 1.807) is 27.7 Å². The molecular weight excluding hydrogens is 312 g/mol. The zero-order chi connectivity index (χ0) is 17.6. The molecule has 0 aromatic rings. The predicted molar refractivity (Wildman–Crippen MR) is 84.9 cm³/mol. The summed E-state index contributed by atoms with van der Waals surface area (Å²) in [6.07, 6.45) is -0.852. The second-order valence-electron chi connectivity index (χ2n) is 7.89. The number of carbonyl (C=O) groups excluding carboxylic acids is 2. The molecule has 0 aromatic heterocycles. The van der Waals surface area contributed by atoms with Gasteiger partial charge in [-0.1, -0.05) is 6.92 Å². The second-order valence-corrected chi connectivity index (χ2v) is 7.89. The van der Waals surface area contributed by atoms with Crippen molar-refractivity contribution in [3.05, 3.63) is 0 Å². The molecule has 1 saturated heterocycles. The van der Waals surface area contributed by atoms with E-state index in [-0.39, 0.29) is 18.1 Å². The fourth-order valence-electron chi connectivity index (χ4n) is 3.61. The van der Waals surface area contributed by atoms with Gasteiger partial charge in [0.1, 0.15) is 0 Å². The van der Waals surface area contributed by atoms with Crippen LogP contribution in [0.15, 0.2) is 0 Å². The molecule has 0 radical (unpaired) electrons. The molecule has 0 bridgehead atoms. The van der Waals surface area contributed by atoms with Crippen molar-refractivity contribution in [3.8, 4) is 0 Å². The van der Waals surface area contributed by atoms with Gasteiger partial charge in [0, 0.05) is 5.92 Å². The summed E-state index contributed by atoms with van der Waals surface area (Å²) in [5, 5.41) is 0. The van der Waals surface area contributed by atoms with Crippen LogP contribution in [0.2, 0.25) is 0 Å². The zero-order valence-electron chi connectivity index (χ0n) is 15.1. The van der Waals surface area contributed by atoms with Gasteiger partial charge in [0.25, 0.3) is 0 Å². The Morgan fingerprint density at radius 2 is 1.29 bits per heavy atom. The molecule has 24 heavy (non-hydrogen) atoms. The second kappa shape index (κ2) is 6.64. The van der Waals surface area contributed by atoms with E-state index in [1.165, 1.54) is 6.42 Å². The van der Waals surface area contributed by atoms with Crippen LogP contribution in [0.25, 0.3) is 0 Å². The first-order valence-corrected chi connectivity index (χ1v) is 8.99. The van der Waals surface area contributed by atoms with E-state index >= 15 is 0 Å². The van der Waals surface area contributed by atoms with Gasteiger partial charge < -0.3 is 18.9 Å². The highest BCUT2D eigenvalue weighted by atomic mass is 16.8. The van der Waals surface area contributed by atoms with E-state index in [9.17, 15) is 9.59 Å². The number of hydrogen-bond donors (Lipinski definition) is 0. The van der Waals surface area contributed by atoms with E-state index < -0.39 is 30.4 Å². The Hall–Kier alpha value is -1.14. The Kier molecular flexibility index (Phi) is 4.89. The minimum atomic E-state index is -1.04. The molecule has 2 aliphatic carbocycles. The lowest BCUT2D eigenvalue weighted by Crippen LogP contribution is -2.40. The van der Waals surface area contributed by atoms with Crippen LogP contribution in [-0.2, 0) is 28.5 Å². The first-order chi connectivity index (χ1) is 11.3. The molecule has 0 aromatic carbocycles. The molecule has 3 fully saturated rings. The van der Waals surface area contributed by atoms with E-state index in [4.69, 9.17) is 18.9 Å². The highest BCUT2D eigenvalue weighted by Gasteiger charge is 2.59. The van der Waals surface area contributed by atoms with Crippen molar-refractivity contribution >= 4 is 11.9 Å². The third-order valence-electron chi connectivity index (χ3n) is 4.97. The Bertz CT molecular complexity index is 472. The number of rotatable bonds is 6. The smallest absolute Gasteiger partial charge is 0.339 e. The van der Waals surface area contributed by atoms with Gasteiger partial charge in [0.2, 0.25) is 0 Å². The molecule has 0 N–H and O–H groups in total. The Balaban J connectivity index is 1.65. The van der Waals surface area contributed by atoms with Gasteiger partial charge in [0.15, 0.2) is 18.5 Å². The predicted octanol–water partition coefficient (Wildman–Crippen LogP) is 2.29. The molecule has 6 atom stereocenters. The summed E-state index contributed by atoms with van der Waals surface area (Å²) in [5.41, 5.74) is 0. The van der Waals surface area contributed by atoms with Gasteiger partial charge in [0.05, 0.1) is 12.2 Å². The summed E-state index contributed by atoms with van der Waals surface area (Å²) in [6.45, 7) is 9.30. The summed E-state index contributed by atoms with van der Waals surface area (Å²) < 4.78 is 22.1. The first kappa shape index (κ1) is 17.7. The largest absolute Gasteiger partial charge is 0.461 e. The van der Waals surface area contributed by atoms with E-state index in [1.807, 2.05) is 0 Å². The van der Waals surface area contributed by atoms with Crippen molar-refractivity contribution in [2.45, 2.75) is 78.2 Å². The first-order valence-electron chi connectivity index (χ1n) is 8.99. The minimum Gasteiger partial charge on any atom is -0.461 e. The topological polar surface area (TPSA) is 71.1 Å². The Labute approximate surface area is 143 Å². The summed E-state index contributed by atoms with van der Waals surface area (Å²) in [6, 6.07) is 0. The zero-order valence-corrected chi connectivity index (χ0v) is 15.1. The van der Waals surface area contributed by atoms with Gasteiger partial charge in [-0.2, -0.15) is 0 Å². The van der Waals surface area contributed by atoms with Crippen LogP contribution >= 0.6 is 0 Å². The molecular formula is C18H28O6. The van der Waals surface area contributed by atoms with Crippen LogP contribution in [0.1, 0.15) is 47.5 Å². The van der Waals surface area contributed by atoms with Crippen molar-refractivity contribution in [1.29, 1.82) is 0 Å². The lowest BCUT2D eigenvalue weighted by Gasteiger charge is -2.17. The third kappa shape index (κ3) is 3.75. The normalized spacial score (nSPS) is 38.5. The van der Waals surface area contributed by atoms with Gasteiger partial charge in [-0.25, -0.2) is 9.59 Å². The van der Waals surface area contributed by atoms with Crippen LogP contribution in [0.4, 0.5) is 0 Å². The molecule has 3 rings (SSSR count). The molecule has 3 aliphatic rings. The summed E-state index contributed by atoms with van der Waals surface area (Å²) in [5.74, 6) is 1.25. The van der Waals surface area contributed by atoms with Crippen molar-refractivity contribution in [2.24, 2.45) is 23.7 Å². The molecule has 0 amide bonds. The van der Waals surface area contributed by atoms with Crippen LogP contribution in [0, 0.1) is 23.7 Å². The Morgan fingerprint density at radius 1 is 0.833 bits per heavy atom. The molecule has 0 spiro atoms.